The molecule has 1 aromatic rings. The Balaban J connectivity index is 3.00. The van der Waals surface area contributed by atoms with Crippen molar-refractivity contribution in [1.82, 2.24) is 9.97 Å². The highest BCUT2D eigenvalue weighted by Crippen LogP contribution is 2.24. The van der Waals surface area contributed by atoms with E-state index < -0.39 is 0 Å². The van der Waals surface area contributed by atoms with E-state index >= 15 is 0 Å². The summed E-state index contributed by atoms with van der Waals surface area (Å²) in [7, 11) is 0. The van der Waals surface area contributed by atoms with Crippen molar-refractivity contribution in [3.63, 3.8) is 0 Å². The second-order valence-corrected chi connectivity index (χ2v) is 6.52. The number of aliphatic hydroxyl groups excluding tert-OH is 1. The highest BCUT2D eigenvalue weighted by atomic mass is 35.5. The number of hydrogen-bond acceptors (Lipinski definition) is 4. The smallest absolute Gasteiger partial charge is 0.137 e. The van der Waals surface area contributed by atoms with Gasteiger partial charge in [-0.25, -0.2) is 9.97 Å². The lowest BCUT2D eigenvalue weighted by Crippen LogP contribution is -2.33. The monoisotopic (exact) mass is 271 g/mol. The van der Waals surface area contributed by atoms with Crippen LogP contribution in [0, 0.1) is 0 Å². The molecule has 102 valence electrons. The highest BCUT2D eigenvalue weighted by Gasteiger charge is 2.21. The average molecular weight is 272 g/mol. The zero-order chi connectivity index (χ0) is 14.0. The minimum atomic E-state index is -0.235. The quantitative estimate of drug-likeness (QED) is 0.827. The molecule has 0 fully saturated rings. The van der Waals surface area contributed by atoms with Gasteiger partial charge in [-0.05, 0) is 20.3 Å². The van der Waals surface area contributed by atoms with Gasteiger partial charge in [-0.3, -0.25) is 0 Å². The molecule has 0 unspecified atom stereocenters. The van der Waals surface area contributed by atoms with Crippen molar-refractivity contribution in [2.75, 3.05) is 11.9 Å². The summed E-state index contributed by atoms with van der Waals surface area (Å²) in [5.74, 6) is 1.40. The first-order chi connectivity index (χ1) is 8.14. The topological polar surface area (TPSA) is 58.0 Å². The van der Waals surface area contributed by atoms with E-state index in [0.717, 1.165) is 0 Å². The Hall–Kier alpha value is -0.870. The summed E-state index contributed by atoms with van der Waals surface area (Å²) >= 11 is 6.02. The molecule has 1 heterocycles. The van der Waals surface area contributed by atoms with Gasteiger partial charge < -0.3 is 10.4 Å². The fraction of sp³-hybridized carbons (Fsp3) is 0.692. The third kappa shape index (κ3) is 4.42. The maximum atomic E-state index is 9.02. The fourth-order valence-corrected chi connectivity index (χ4v) is 1.69. The molecule has 18 heavy (non-hydrogen) atoms. The Morgan fingerprint density at radius 1 is 1.22 bits per heavy atom. The number of halogens is 1. The molecule has 0 saturated carbocycles. The number of anilines is 1. The van der Waals surface area contributed by atoms with E-state index in [9.17, 15) is 0 Å². The number of aliphatic hydroxyl groups is 1. The molecule has 0 radical (unpaired) electrons. The van der Waals surface area contributed by atoms with Gasteiger partial charge in [0.2, 0.25) is 0 Å². The summed E-state index contributed by atoms with van der Waals surface area (Å²) in [6.45, 7) is 10.3. The van der Waals surface area contributed by atoms with Crippen molar-refractivity contribution < 1.29 is 5.11 Å². The summed E-state index contributed by atoms with van der Waals surface area (Å²) in [5, 5.41) is 12.7. The number of nitrogens with zero attached hydrogens (tertiary/aromatic N) is 2. The van der Waals surface area contributed by atoms with Gasteiger partial charge in [-0.2, -0.15) is 0 Å². The van der Waals surface area contributed by atoms with E-state index in [1.165, 1.54) is 0 Å². The molecular weight excluding hydrogens is 250 g/mol. The third-order valence-corrected chi connectivity index (χ3v) is 2.76. The average Bonchev–Trinajstić information content (AvgIpc) is 2.13. The van der Waals surface area contributed by atoms with Gasteiger partial charge in [0, 0.05) is 23.6 Å². The van der Waals surface area contributed by atoms with Gasteiger partial charge in [-0.1, -0.05) is 32.4 Å². The molecule has 1 rings (SSSR count). The predicted octanol–water partition coefficient (Wildman–Crippen LogP) is 3.00. The Morgan fingerprint density at radius 3 is 2.33 bits per heavy atom. The molecular formula is C13H22ClN3O. The second kappa shape index (κ2) is 5.41. The summed E-state index contributed by atoms with van der Waals surface area (Å²) in [4.78, 5) is 8.73. The van der Waals surface area contributed by atoms with Crippen molar-refractivity contribution in [1.29, 1.82) is 0 Å². The van der Waals surface area contributed by atoms with E-state index in [0.29, 0.717) is 23.2 Å². The zero-order valence-electron chi connectivity index (χ0n) is 11.7. The van der Waals surface area contributed by atoms with Gasteiger partial charge in [0.15, 0.2) is 0 Å². The van der Waals surface area contributed by atoms with Gasteiger partial charge in [0.05, 0.1) is 0 Å². The number of rotatable bonds is 4. The van der Waals surface area contributed by atoms with Crippen LogP contribution >= 0.6 is 11.6 Å². The van der Waals surface area contributed by atoms with Crippen LogP contribution in [0.4, 0.5) is 5.82 Å². The van der Waals surface area contributed by atoms with Crippen LogP contribution < -0.4 is 5.32 Å². The van der Waals surface area contributed by atoms with E-state index in [1.54, 1.807) is 6.07 Å². The molecule has 0 aliphatic rings. The highest BCUT2D eigenvalue weighted by molar-refractivity contribution is 6.29. The largest absolute Gasteiger partial charge is 0.396 e. The van der Waals surface area contributed by atoms with Crippen LogP contribution in [0.3, 0.4) is 0 Å². The standard InChI is InChI=1S/C13H22ClN3O/c1-12(2,3)11-15-9(14)8-10(16-11)17-13(4,5)6-7-18/h8,18H,6-7H2,1-5H3,(H,15,16,17). The van der Waals surface area contributed by atoms with Gasteiger partial charge in [0.25, 0.3) is 0 Å². The zero-order valence-corrected chi connectivity index (χ0v) is 12.5. The molecule has 5 heteroatoms. The minimum Gasteiger partial charge on any atom is -0.396 e. The molecule has 0 aromatic carbocycles. The molecule has 0 atom stereocenters. The lowest BCUT2D eigenvalue weighted by molar-refractivity contribution is 0.260. The second-order valence-electron chi connectivity index (χ2n) is 6.13. The van der Waals surface area contributed by atoms with Crippen LogP contribution in [0.1, 0.15) is 46.9 Å². The summed E-state index contributed by atoms with van der Waals surface area (Å²) in [5.41, 5.74) is -0.385. The van der Waals surface area contributed by atoms with E-state index in [-0.39, 0.29) is 17.6 Å². The van der Waals surface area contributed by atoms with Crippen molar-refractivity contribution in [3.05, 3.63) is 17.0 Å². The van der Waals surface area contributed by atoms with Crippen molar-refractivity contribution in [2.24, 2.45) is 0 Å². The van der Waals surface area contributed by atoms with Crippen LogP contribution in [-0.2, 0) is 5.41 Å². The molecule has 0 spiro atoms. The first-order valence-electron chi connectivity index (χ1n) is 6.08. The Labute approximate surface area is 114 Å². The van der Waals surface area contributed by atoms with Crippen LogP contribution in [0.5, 0.6) is 0 Å². The Morgan fingerprint density at radius 2 is 1.83 bits per heavy atom. The molecule has 0 amide bonds. The third-order valence-electron chi connectivity index (χ3n) is 2.57. The molecule has 0 aliphatic heterocycles. The molecule has 0 aliphatic carbocycles. The summed E-state index contributed by atoms with van der Waals surface area (Å²) in [6.07, 6.45) is 0.638. The van der Waals surface area contributed by atoms with Gasteiger partial charge in [-0.15, -0.1) is 0 Å². The van der Waals surface area contributed by atoms with Gasteiger partial charge >= 0.3 is 0 Å². The number of hydrogen-bond donors (Lipinski definition) is 2. The van der Waals surface area contributed by atoms with Crippen molar-refractivity contribution >= 4 is 17.4 Å². The van der Waals surface area contributed by atoms with Crippen LogP contribution in [0.2, 0.25) is 5.15 Å². The molecule has 4 nitrogen and oxygen atoms in total. The van der Waals surface area contributed by atoms with E-state index in [1.807, 2.05) is 34.6 Å². The SMILES string of the molecule is CC(C)(CCO)Nc1cc(Cl)nc(C(C)(C)C)n1. The lowest BCUT2D eigenvalue weighted by atomic mass is 9.95. The lowest BCUT2D eigenvalue weighted by Gasteiger charge is -2.27. The maximum absolute atomic E-state index is 9.02. The molecule has 1 aromatic heterocycles. The maximum Gasteiger partial charge on any atom is 0.137 e. The van der Waals surface area contributed by atoms with Gasteiger partial charge in [0.1, 0.15) is 16.8 Å². The fourth-order valence-electron chi connectivity index (χ4n) is 1.51. The van der Waals surface area contributed by atoms with E-state index in [2.05, 4.69) is 15.3 Å². The summed E-state index contributed by atoms with van der Waals surface area (Å²) in [6, 6.07) is 1.70. The summed E-state index contributed by atoms with van der Waals surface area (Å²) < 4.78 is 0. The van der Waals surface area contributed by atoms with Crippen LogP contribution in [-0.4, -0.2) is 27.2 Å². The molecule has 0 saturated heterocycles. The first kappa shape index (κ1) is 15.2. The van der Waals surface area contributed by atoms with Crippen molar-refractivity contribution in [3.8, 4) is 0 Å². The number of aromatic nitrogens is 2. The first-order valence-corrected chi connectivity index (χ1v) is 6.46. The predicted molar refractivity (Wildman–Crippen MR) is 75.1 cm³/mol. The molecule has 0 bridgehead atoms. The Kier molecular flexibility index (Phi) is 4.56. The normalized spacial score (nSPS) is 12.6. The van der Waals surface area contributed by atoms with E-state index in [4.69, 9.17) is 16.7 Å². The molecule has 2 N–H and O–H groups in total. The van der Waals surface area contributed by atoms with Crippen LogP contribution in [0.15, 0.2) is 6.07 Å². The van der Waals surface area contributed by atoms with Crippen molar-refractivity contribution in [2.45, 2.75) is 52.0 Å². The Bertz CT molecular complexity index is 413. The minimum absolute atomic E-state index is 0.130. The number of nitrogens with one attached hydrogen (secondary N) is 1. The van der Waals surface area contributed by atoms with Crippen LogP contribution in [0.25, 0.3) is 0 Å².